The molecule has 16 heavy (non-hydrogen) atoms. The maximum absolute atomic E-state index is 11.5. The quantitative estimate of drug-likeness (QED) is 0.633. The lowest BCUT2D eigenvalue weighted by Gasteiger charge is -2.11. The first-order chi connectivity index (χ1) is 7.45. The minimum Gasteiger partial charge on any atom is -0.299 e. The first kappa shape index (κ1) is 11.3. The third-order valence-corrected chi connectivity index (χ3v) is 3.53. The van der Waals surface area contributed by atoms with Crippen molar-refractivity contribution in [3.8, 4) is 0 Å². The van der Waals surface area contributed by atoms with E-state index in [0.29, 0.717) is 4.47 Å². The summed E-state index contributed by atoms with van der Waals surface area (Å²) >= 11 is 3.23. The Kier molecular flexibility index (Phi) is 2.58. The molecule has 0 atom stereocenters. The van der Waals surface area contributed by atoms with Gasteiger partial charge in [-0.25, -0.2) is 0 Å². The summed E-state index contributed by atoms with van der Waals surface area (Å²) in [6.07, 6.45) is 1.58. The number of carbonyl (C=O) groups excluding carboxylic acids is 1. The highest BCUT2D eigenvalue weighted by molar-refractivity contribution is 9.10. The van der Waals surface area contributed by atoms with Gasteiger partial charge in [0.25, 0.3) is 5.69 Å². The van der Waals surface area contributed by atoms with E-state index < -0.39 is 10.3 Å². The smallest absolute Gasteiger partial charge is 0.270 e. The summed E-state index contributed by atoms with van der Waals surface area (Å²) in [6.45, 7) is 1.54. The largest absolute Gasteiger partial charge is 0.299 e. The van der Waals surface area contributed by atoms with Gasteiger partial charge in [0.1, 0.15) is 5.78 Å². The van der Waals surface area contributed by atoms with Gasteiger partial charge >= 0.3 is 0 Å². The minimum atomic E-state index is -0.464. The summed E-state index contributed by atoms with van der Waals surface area (Å²) in [4.78, 5) is 21.8. The van der Waals surface area contributed by atoms with Crippen molar-refractivity contribution in [2.75, 3.05) is 0 Å². The molecule has 0 aromatic heterocycles. The van der Waals surface area contributed by atoms with Crippen molar-refractivity contribution < 1.29 is 9.72 Å². The fourth-order valence-electron chi connectivity index (χ4n) is 1.92. The van der Waals surface area contributed by atoms with Crippen molar-refractivity contribution >= 4 is 27.4 Å². The molecule has 5 heteroatoms. The van der Waals surface area contributed by atoms with Gasteiger partial charge in [0.15, 0.2) is 0 Å². The summed E-state index contributed by atoms with van der Waals surface area (Å²) in [7, 11) is 0. The van der Waals surface area contributed by atoms with E-state index in [2.05, 4.69) is 15.9 Å². The molecule has 1 saturated carbocycles. The number of hydrogen-bond acceptors (Lipinski definition) is 3. The molecule has 1 fully saturated rings. The average molecular weight is 284 g/mol. The zero-order valence-electron chi connectivity index (χ0n) is 8.70. The molecule has 2 rings (SSSR count). The Morgan fingerprint density at radius 3 is 2.50 bits per heavy atom. The van der Waals surface area contributed by atoms with Crippen LogP contribution >= 0.6 is 15.9 Å². The number of carbonyl (C=O) groups is 1. The van der Waals surface area contributed by atoms with Crippen molar-refractivity contribution in [3.63, 3.8) is 0 Å². The van der Waals surface area contributed by atoms with Gasteiger partial charge in [0, 0.05) is 16.6 Å². The van der Waals surface area contributed by atoms with E-state index in [1.165, 1.54) is 12.1 Å². The molecule has 1 aliphatic rings. The topological polar surface area (TPSA) is 60.2 Å². The van der Waals surface area contributed by atoms with Crippen LogP contribution in [0.3, 0.4) is 0 Å². The molecule has 0 bridgehead atoms. The summed E-state index contributed by atoms with van der Waals surface area (Å²) in [5, 5.41) is 10.7. The zero-order chi connectivity index (χ0) is 11.9. The monoisotopic (exact) mass is 283 g/mol. The normalized spacial score (nSPS) is 16.9. The molecule has 1 aromatic carbocycles. The van der Waals surface area contributed by atoms with Crippen LogP contribution in [0.2, 0.25) is 0 Å². The molecule has 0 heterocycles. The highest BCUT2D eigenvalue weighted by Gasteiger charge is 2.49. The Bertz CT molecular complexity index is 480. The van der Waals surface area contributed by atoms with Crippen LogP contribution in [0.1, 0.15) is 25.3 Å². The number of halogens is 1. The predicted molar refractivity (Wildman–Crippen MR) is 62.4 cm³/mol. The van der Waals surface area contributed by atoms with E-state index >= 15 is 0 Å². The predicted octanol–water partition coefficient (Wildman–Crippen LogP) is 2.98. The highest BCUT2D eigenvalue weighted by atomic mass is 79.9. The number of benzene rings is 1. The van der Waals surface area contributed by atoms with Crippen LogP contribution in [0.15, 0.2) is 22.7 Å². The van der Waals surface area contributed by atoms with Crippen LogP contribution in [0.5, 0.6) is 0 Å². The van der Waals surface area contributed by atoms with Gasteiger partial charge in [-0.05, 0) is 31.4 Å². The molecule has 0 N–H and O–H groups in total. The fourth-order valence-corrected chi connectivity index (χ4v) is 2.41. The molecule has 0 saturated heterocycles. The minimum absolute atomic E-state index is 0.0249. The van der Waals surface area contributed by atoms with Gasteiger partial charge in [-0.1, -0.05) is 15.9 Å². The first-order valence-electron chi connectivity index (χ1n) is 4.92. The number of nitro groups is 1. The fraction of sp³-hybridized carbons (Fsp3) is 0.364. The standard InChI is InChI=1S/C11H10BrNO3/c1-7(14)11(2-3-11)8-4-9(12)6-10(5-8)13(15)16/h4-6H,2-3H2,1H3. The van der Waals surface area contributed by atoms with Crippen LogP contribution < -0.4 is 0 Å². The van der Waals surface area contributed by atoms with Crippen LogP contribution in [0.4, 0.5) is 5.69 Å². The Hall–Kier alpha value is -1.23. The van der Waals surface area contributed by atoms with Gasteiger partial charge < -0.3 is 0 Å². The van der Waals surface area contributed by atoms with E-state index in [4.69, 9.17) is 0 Å². The number of rotatable bonds is 3. The van der Waals surface area contributed by atoms with E-state index in [9.17, 15) is 14.9 Å². The molecule has 0 amide bonds. The maximum atomic E-state index is 11.5. The number of nitro benzene ring substituents is 1. The zero-order valence-corrected chi connectivity index (χ0v) is 10.3. The second-order valence-electron chi connectivity index (χ2n) is 4.09. The number of Topliss-reactive ketones (excluding diaryl/α,β-unsaturated/α-hetero) is 1. The van der Waals surface area contributed by atoms with Crippen LogP contribution in [0, 0.1) is 10.1 Å². The molecule has 0 spiro atoms. The summed E-state index contributed by atoms with van der Waals surface area (Å²) < 4.78 is 0.643. The van der Waals surface area contributed by atoms with Crippen molar-refractivity contribution in [1.29, 1.82) is 0 Å². The second-order valence-corrected chi connectivity index (χ2v) is 5.01. The first-order valence-corrected chi connectivity index (χ1v) is 5.71. The van der Waals surface area contributed by atoms with Crippen LogP contribution in [0.25, 0.3) is 0 Å². The van der Waals surface area contributed by atoms with E-state index in [1.54, 1.807) is 13.0 Å². The Labute approximate surface area is 101 Å². The molecule has 84 valence electrons. The molecular weight excluding hydrogens is 274 g/mol. The molecule has 4 nitrogen and oxygen atoms in total. The van der Waals surface area contributed by atoms with Crippen molar-refractivity contribution in [2.24, 2.45) is 0 Å². The van der Waals surface area contributed by atoms with Gasteiger partial charge in [-0.2, -0.15) is 0 Å². The van der Waals surface area contributed by atoms with E-state index in [1.807, 2.05) is 0 Å². The average Bonchev–Trinajstić information content (AvgIpc) is 2.97. The Morgan fingerprint density at radius 2 is 2.06 bits per heavy atom. The molecule has 0 radical (unpaired) electrons. The van der Waals surface area contributed by atoms with Gasteiger partial charge in [-0.15, -0.1) is 0 Å². The Balaban J connectivity index is 2.50. The Morgan fingerprint density at radius 1 is 1.44 bits per heavy atom. The van der Waals surface area contributed by atoms with Gasteiger partial charge in [0.05, 0.1) is 10.3 Å². The second kappa shape index (κ2) is 3.66. The molecule has 0 aliphatic heterocycles. The molecular formula is C11H10BrNO3. The molecule has 0 unspecified atom stereocenters. The van der Waals surface area contributed by atoms with Gasteiger partial charge in [0.2, 0.25) is 0 Å². The number of nitrogens with zero attached hydrogens (tertiary/aromatic N) is 1. The summed E-state index contributed by atoms with van der Waals surface area (Å²) in [5.74, 6) is 0.0832. The summed E-state index contributed by atoms with van der Waals surface area (Å²) in [5.41, 5.74) is 0.312. The maximum Gasteiger partial charge on any atom is 0.270 e. The molecule has 1 aromatic rings. The third-order valence-electron chi connectivity index (χ3n) is 3.07. The lowest BCUT2D eigenvalue weighted by molar-refractivity contribution is -0.385. The lowest BCUT2D eigenvalue weighted by atomic mass is 9.92. The third kappa shape index (κ3) is 1.75. The van der Waals surface area contributed by atoms with Crippen molar-refractivity contribution in [1.82, 2.24) is 0 Å². The molecule has 1 aliphatic carbocycles. The van der Waals surface area contributed by atoms with Gasteiger partial charge in [-0.3, -0.25) is 14.9 Å². The lowest BCUT2D eigenvalue weighted by Crippen LogP contribution is -2.17. The van der Waals surface area contributed by atoms with Crippen molar-refractivity contribution in [3.05, 3.63) is 38.3 Å². The van der Waals surface area contributed by atoms with Crippen LogP contribution in [-0.2, 0) is 10.2 Å². The van der Waals surface area contributed by atoms with E-state index in [-0.39, 0.29) is 11.5 Å². The SMILES string of the molecule is CC(=O)C1(c2cc(Br)cc([N+](=O)[O-])c2)CC1. The number of hydrogen-bond donors (Lipinski definition) is 0. The van der Waals surface area contributed by atoms with Crippen molar-refractivity contribution in [2.45, 2.75) is 25.2 Å². The number of ketones is 1. The van der Waals surface area contributed by atoms with E-state index in [0.717, 1.165) is 18.4 Å². The highest BCUT2D eigenvalue weighted by Crippen LogP contribution is 2.50. The number of non-ortho nitro benzene ring substituents is 1. The summed E-state index contributed by atoms with van der Waals surface area (Å²) in [6, 6.07) is 4.74. The van der Waals surface area contributed by atoms with Crippen LogP contribution in [-0.4, -0.2) is 10.7 Å².